The molecule has 0 spiro atoms. The van der Waals surface area contributed by atoms with Crippen molar-refractivity contribution in [3.05, 3.63) is 0 Å². The van der Waals surface area contributed by atoms with E-state index in [-0.39, 0.29) is 0 Å². The minimum atomic E-state index is -6.23. The SMILES string of the molecule is O=C(OP(F)F)C(F)(F)C(F)(F)F. The maximum atomic E-state index is 11.8. The normalized spacial score (nSPS) is 13.2. The fourth-order valence-corrected chi connectivity index (χ4v) is 0.476. The molecule has 13 heavy (non-hydrogen) atoms. The van der Waals surface area contributed by atoms with Crippen LogP contribution >= 0.6 is 8.77 Å². The Bertz CT molecular complexity index is 198. The van der Waals surface area contributed by atoms with E-state index in [1.807, 2.05) is 0 Å². The molecule has 0 amide bonds. The predicted octanol–water partition coefficient (Wildman–Crippen LogP) is 2.89. The summed E-state index contributed by atoms with van der Waals surface area (Å²) < 4.78 is 82.0. The third-order valence-electron chi connectivity index (χ3n) is 0.764. The fourth-order valence-electron chi connectivity index (χ4n) is 0.236. The Morgan fingerprint density at radius 2 is 1.46 bits per heavy atom. The summed E-state index contributed by atoms with van der Waals surface area (Å²) in [5.74, 6) is -9.19. The number of alkyl halides is 5. The summed E-state index contributed by atoms with van der Waals surface area (Å²) in [7, 11) is -4.58. The molecule has 0 aliphatic carbocycles. The Kier molecular flexibility index (Phi) is 3.48. The highest BCUT2D eigenvalue weighted by Crippen LogP contribution is 2.45. The zero-order chi connectivity index (χ0) is 10.9. The Labute approximate surface area is 67.7 Å². The topological polar surface area (TPSA) is 26.3 Å². The molecule has 0 saturated heterocycles. The maximum absolute atomic E-state index is 11.8. The molecule has 0 aromatic heterocycles. The van der Waals surface area contributed by atoms with Crippen LogP contribution in [0.1, 0.15) is 0 Å². The molecule has 0 N–H and O–H groups in total. The van der Waals surface area contributed by atoms with Crippen LogP contribution in [0, 0.1) is 0 Å². The van der Waals surface area contributed by atoms with E-state index in [1.165, 1.54) is 0 Å². The third-order valence-corrected chi connectivity index (χ3v) is 1.07. The van der Waals surface area contributed by atoms with Crippen LogP contribution in [0.5, 0.6) is 0 Å². The summed E-state index contributed by atoms with van der Waals surface area (Å²) in [6.45, 7) is 0. The molecular formula is C3F7O2P. The number of rotatable bonds is 2. The molecule has 0 aliphatic heterocycles. The Morgan fingerprint density at radius 1 is 1.08 bits per heavy atom. The Morgan fingerprint density at radius 3 is 1.69 bits per heavy atom. The van der Waals surface area contributed by atoms with Gasteiger partial charge in [-0.3, -0.25) is 0 Å². The van der Waals surface area contributed by atoms with Crippen molar-refractivity contribution >= 4 is 14.7 Å². The second kappa shape index (κ2) is 3.65. The van der Waals surface area contributed by atoms with E-state index in [4.69, 9.17) is 0 Å². The highest BCUT2D eigenvalue weighted by Gasteiger charge is 2.65. The van der Waals surface area contributed by atoms with Crippen molar-refractivity contribution in [3.63, 3.8) is 0 Å². The number of hydrogen-bond acceptors (Lipinski definition) is 2. The van der Waals surface area contributed by atoms with Gasteiger partial charge in [-0.1, -0.05) is 0 Å². The van der Waals surface area contributed by atoms with Crippen LogP contribution < -0.4 is 0 Å². The van der Waals surface area contributed by atoms with Gasteiger partial charge in [-0.15, -0.1) is 8.39 Å². The van der Waals surface area contributed by atoms with Gasteiger partial charge in [-0.25, -0.2) is 4.79 Å². The summed E-state index contributed by atoms with van der Waals surface area (Å²) in [5.41, 5.74) is 0. The number of carbonyl (C=O) groups excluding carboxylic acids is 1. The van der Waals surface area contributed by atoms with Crippen LogP contribution in [0.15, 0.2) is 0 Å². The maximum Gasteiger partial charge on any atom is 0.483 e. The number of hydrogen-bond donors (Lipinski definition) is 0. The van der Waals surface area contributed by atoms with Crippen molar-refractivity contribution in [1.82, 2.24) is 0 Å². The lowest BCUT2D eigenvalue weighted by molar-refractivity contribution is -0.276. The molecule has 0 aromatic rings. The zero-order valence-electron chi connectivity index (χ0n) is 5.41. The lowest BCUT2D eigenvalue weighted by Crippen LogP contribution is -2.44. The van der Waals surface area contributed by atoms with Crippen LogP contribution in [0.3, 0.4) is 0 Å². The van der Waals surface area contributed by atoms with Crippen molar-refractivity contribution < 1.29 is 39.7 Å². The molecule has 0 heterocycles. The quantitative estimate of drug-likeness (QED) is 0.540. The van der Waals surface area contributed by atoms with Gasteiger partial charge in [-0.2, -0.15) is 22.0 Å². The molecule has 0 aliphatic rings. The Balaban J connectivity index is 4.56. The smallest absolute Gasteiger partial charge is 0.383 e. The van der Waals surface area contributed by atoms with Gasteiger partial charge >= 0.3 is 26.8 Å². The molecule has 0 radical (unpaired) electrons. The molecule has 0 aromatic carbocycles. The summed E-state index contributed by atoms with van der Waals surface area (Å²) >= 11 is 0. The van der Waals surface area contributed by atoms with Gasteiger partial charge in [0.05, 0.1) is 0 Å². The van der Waals surface area contributed by atoms with Gasteiger partial charge in [0.1, 0.15) is 0 Å². The van der Waals surface area contributed by atoms with Crippen molar-refractivity contribution in [2.45, 2.75) is 12.1 Å². The van der Waals surface area contributed by atoms with Crippen LogP contribution in [-0.2, 0) is 9.32 Å². The van der Waals surface area contributed by atoms with Crippen molar-refractivity contribution in [2.24, 2.45) is 0 Å². The van der Waals surface area contributed by atoms with Gasteiger partial charge in [0.2, 0.25) is 0 Å². The van der Waals surface area contributed by atoms with Crippen LogP contribution in [-0.4, -0.2) is 18.1 Å². The summed E-state index contributed by atoms with van der Waals surface area (Å²) in [6.07, 6.45) is -6.23. The van der Waals surface area contributed by atoms with Crippen molar-refractivity contribution in [3.8, 4) is 0 Å². The first-order valence-electron chi connectivity index (χ1n) is 2.37. The monoisotopic (exact) mass is 232 g/mol. The number of carbonyl (C=O) groups is 1. The van der Waals surface area contributed by atoms with E-state index < -0.39 is 26.8 Å². The largest absolute Gasteiger partial charge is 0.483 e. The minimum absolute atomic E-state index is 2.46. The predicted molar refractivity (Wildman–Crippen MR) is 26.2 cm³/mol. The zero-order valence-corrected chi connectivity index (χ0v) is 6.30. The van der Waals surface area contributed by atoms with Crippen LogP contribution in [0.2, 0.25) is 0 Å². The first-order chi connectivity index (χ1) is 5.59. The highest BCUT2D eigenvalue weighted by atomic mass is 31.2. The van der Waals surface area contributed by atoms with E-state index >= 15 is 0 Å². The molecule has 10 heteroatoms. The second-order valence-corrected chi connectivity index (χ2v) is 2.24. The van der Waals surface area contributed by atoms with E-state index in [2.05, 4.69) is 4.52 Å². The summed E-state index contributed by atoms with van der Waals surface area (Å²) in [6, 6.07) is 0. The third kappa shape index (κ3) is 2.98. The van der Waals surface area contributed by atoms with Gasteiger partial charge in [0.15, 0.2) is 0 Å². The second-order valence-electron chi connectivity index (χ2n) is 1.65. The molecule has 0 saturated carbocycles. The Hall–Kier alpha value is -0.590. The highest BCUT2D eigenvalue weighted by molar-refractivity contribution is 7.41. The molecule has 2 nitrogen and oxygen atoms in total. The van der Waals surface area contributed by atoms with E-state index in [1.54, 1.807) is 0 Å². The van der Waals surface area contributed by atoms with Gasteiger partial charge in [-0.05, 0) is 0 Å². The van der Waals surface area contributed by atoms with Gasteiger partial charge in [0, 0.05) is 0 Å². The average Bonchev–Trinajstić information content (AvgIpc) is 1.82. The lowest BCUT2D eigenvalue weighted by atomic mass is 10.3. The van der Waals surface area contributed by atoms with E-state index in [0.717, 1.165) is 0 Å². The van der Waals surface area contributed by atoms with Crippen molar-refractivity contribution in [2.75, 3.05) is 0 Å². The van der Waals surface area contributed by atoms with Crippen molar-refractivity contribution in [1.29, 1.82) is 0 Å². The molecule has 0 rings (SSSR count). The molecule has 0 fully saturated rings. The fraction of sp³-hybridized carbons (Fsp3) is 0.667. The molecule has 0 atom stereocenters. The standard InChI is InChI=1S/C3F7O2P/c4-2(5,3(6,7)8)1(11)12-13(9)10. The average molecular weight is 232 g/mol. The summed E-state index contributed by atoms with van der Waals surface area (Å²) in [5, 5.41) is 0. The van der Waals surface area contributed by atoms with Gasteiger partial charge < -0.3 is 4.52 Å². The summed E-state index contributed by atoms with van der Waals surface area (Å²) in [4.78, 5) is 9.77. The molecule has 78 valence electrons. The van der Waals surface area contributed by atoms with Crippen LogP contribution in [0.4, 0.5) is 30.3 Å². The molecule has 0 bridgehead atoms. The van der Waals surface area contributed by atoms with E-state index in [0.29, 0.717) is 0 Å². The molecular weight excluding hydrogens is 232 g/mol. The van der Waals surface area contributed by atoms with E-state index in [9.17, 15) is 35.1 Å². The van der Waals surface area contributed by atoms with Gasteiger partial charge in [0.25, 0.3) is 0 Å². The van der Waals surface area contributed by atoms with Crippen LogP contribution in [0.25, 0.3) is 0 Å². The lowest BCUT2D eigenvalue weighted by Gasteiger charge is -2.16. The molecule has 0 unspecified atom stereocenters. The first kappa shape index (κ1) is 12.4. The minimum Gasteiger partial charge on any atom is -0.383 e. The first-order valence-corrected chi connectivity index (χ1v) is 3.42. The number of halogens is 7.